The number of fused-ring (bicyclic) bond motifs is 1. The first-order chi connectivity index (χ1) is 6.85. The molecule has 1 aliphatic rings. The van der Waals surface area contributed by atoms with Crippen LogP contribution in [0.4, 0.5) is 0 Å². The van der Waals surface area contributed by atoms with Crippen LogP contribution in [0.3, 0.4) is 0 Å². The Kier molecular flexibility index (Phi) is 2.89. The van der Waals surface area contributed by atoms with Crippen LogP contribution >= 0.6 is 0 Å². The Morgan fingerprint density at radius 1 is 1.43 bits per heavy atom. The van der Waals surface area contributed by atoms with Gasteiger partial charge in [0.15, 0.2) is 0 Å². The number of aliphatic hydroxyl groups excluding tert-OH is 1. The van der Waals surface area contributed by atoms with E-state index in [1.165, 1.54) is 30.5 Å². The number of rotatable bonds is 3. The number of aliphatic hydroxyl groups is 1. The topological polar surface area (TPSA) is 62.0 Å². The third-order valence-corrected chi connectivity index (χ3v) is 3.08. The second-order valence-corrected chi connectivity index (χ2v) is 4.05. The maximum atomic E-state index is 9.14. The lowest BCUT2D eigenvalue weighted by molar-refractivity contribution is 0.266. The Morgan fingerprint density at radius 3 is 2.86 bits per heavy atom. The summed E-state index contributed by atoms with van der Waals surface area (Å²) in [6, 6.07) is 2.18. The van der Waals surface area contributed by atoms with E-state index in [0.29, 0.717) is 6.54 Å². The van der Waals surface area contributed by atoms with Crippen LogP contribution in [-0.4, -0.2) is 23.2 Å². The predicted octanol–water partition coefficient (Wildman–Crippen LogP) is 0.928. The van der Waals surface area contributed by atoms with E-state index in [2.05, 4.69) is 11.1 Å². The molecule has 4 N–H and O–H groups in total. The van der Waals surface area contributed by atoms with Crippen LogP contribution in [0.5, 0.6) is 0 Å². The summed E-state index contributed by atoms with van der Waals surface area (Å²) in [5.41, 5.74) is 9.49. The van der Waals surface area contributed by atoms with E-state index in [0.717, 1.165) is 12.1 Å². The summed E-state index contributed by atoms with van der Waals surface area (Å²) < 4.78 is 0. The molecule has 0 saturated carbocycles. The van der Waals surface area contributed by atoms with E-state index in [1.807, 2.05) is 0 Å². The van der Waals surface area contributed by atoms with Gasteiger partial charge in [0.25, 0.3) is 0 Å². The number of aromatic nitrogens is 1. The lowest BCUT2D eigenvalue weighted by Crippen LogP contribution is -2.16. The van der Waals surface area contributed by atoms with Crippen LogP contribution in [0.25, 0.3) is 0 Å². The van der Waals surface area contributed by atoms with Crippen LogP contribution < -0.4 is 5.73 Å². The van der Waals surface area contributed by atoms with Crippen LogP contribution in [0, 0.1) is 0 Å². The molecule has 0 amide bonds. The summed E-state index contributed by atoms with van der Waals surface area (Å²) in [5.74, 6) is 0.0839. The van der Waals surface area contributed by atoms with Gasteiger partial charge in [-0.2, -0.15) is 0 Å². The molecule has 0 saturated heterocycles. The van der Waals surface area contributed by atoms with Crippen molar-refractivity contribution < 1.29 is 5.11 Å². The molecule has 1 atom stereocenters. The summed E-state index contributed by atoms with van der Waals surface area (Å²) in [4.78, 5) is 3.40. The predicted molar refractivity (Wildman–Crippen MR) is 56.3 cm³/mol. The van der Waals surface area contributed by atoms with E-state index < -0.39 is 0 Å². The Morgan fingerprint density at radius 2 is 2.21 bits per heavy atom. The number of nitrogens with one attached hydrogen (secondary N) is 1. The van der Waals surface area contributed by atoms with Crippen LogP contribution in [0.2, 0.25) is 0 Å². The average molecular weight is 194 g/mol. The fourth-order valence-corrected chi connectivity index (χ4v) is 2.15. The zero-order chi connectivity index (χ0) is 9.97. The van der Waals surface area contributed by atoms with Crippen molar-refractivity contribution in [1.82, 2.24) is 4.98 Å². The molecule has 2 rings (SSSR count). The summed E-state index contributed by atoms with van der Waals surface area (Å²) in [7, 11) is 0. The Hall–Kier alpha value is -0.800. The van der Waals surface area contributed by atoms with E-state index in [1.54, 1.807) is 0 Å². The Labute approximate surface area is 84.3 Å². The summed E-state index contributed by atoms with van der Waals surface area (Å²) >= 11 is 0. The molecule has 0 aromatic carbocycles. The van der Waals surface area contributed by atoms with Gasteiger partial charge in [-0.25, -0.2) is 0 Å². The maximum Gasteiger partial charge on any atom is 0.0526 e. The van der Waals surface area contributed by atoms with E-state index in [-0.39, 0.29) is 12.5 Å². The molecule has 78 valence electrons. The molecule has 3 heteroatoms. The van der Waals surface area contributed by atoms with Crippen molar-refractivity contribution >= 4 is 0 Å². The van der Waals surface area contributed by atoms with Crippen molar-refractivity contribution in [1.29, 1.82) is 0 Å². The highest BCUT2D eigenvalue weighted by Crippen LogP contribution is 2.24. The van der Waals surface area contributed by atoms with Gasteiger partial charge in [0.05, 0.1) is 6.61 Å². The van der Waals surface area contributed by atoms with E-state index in [9.17, 15) is 0 Å². The van der Waals surface area contributed by atoms with Gasteiger partial charge in [-0.15, -0.1) is 0 Å². The van der Waals surface area contributed by atoms with Crippen molar-refractivity contribution in [2.75, 3.05) is 13.2 Å². The minimum Gasteiger partial charge on any atom is -0.396 e. The van der Waals surface area contributed by atoms with Crippen molar-refractivity contribution in [2.24, 2.45) is 5.73 Å². The summed E-state index contributed by atoms with van der Waals surface area (Å²) in [6.45, 7) is 0.645. The van der Waals surface area contributed by atoms with Crippen LogP contribution in [0.1, 0.15) is 35.7 Å². The normalized spacial score (nSPS) is 17.9. The van der Waals surface area contributed by atoms with Gasteiger partial charge in [0, 0.05) is 23.9 Å². The number of nitrogens with two attached hydrogens (primary N) is 1. The number of H-pyrrole nitrogens is 1. The lowest BCUT2D eigenvalue weighted by Gasteiger charge is -2.09. The standard InChI is InChI=1S/C11H18N2O/c12-6-9(7-14)11-5-8-3-1-2-4-10(8)13-11/h5,9,13-14H,1-4,6-7,12H2. The van der Waals surface area contributed by atoms with Crippen LogP contribution in [-0.2, 0) is 12.8 Å². The first kappa shape index (κ1) is 9.74. The first-order valence-corrected chi connectivity index (χ1v) is 5.36. The molecular formula is C11H18N2O. The van der Waals surface area contributed by atoms with Gasteiger partial charge in [0.2, 0.25) is 0 Å². The minimum absolute atomic E-state index is 0.0839. The monoisotopic (exact) mass is 194 g/mol. The second-order valence-electron chi connectivity index (χ2n) is 4.05. The highest BCUT2D eigenvalue weighted by Gasteiger charge is 2.16. The van der Waals surface area contributed by atoms with Crippen molar-refractivity contribution in [3.8, 4) is 0 Å². The first-order valence-electron chi connectivity index (χ1n) is 5.36. The zero-order valence-electron chi connectivity index (χ0n) is 8.42. The molecule has 3 nitrogen and oxygen atoms in total. The molecule has 0 radical (unpaired) electrons. The number of hydrogen-bond acceptors (Lipinski definition) is 2. The van der Waals surface area contributed by atoms with E-state index >= 15 is 0 Å². The van der Waals surface area contributed by atoms with E-state index in [4.69, 9.17) is 10.8 Å². The van der Waals surface area contributed by atoms with Gasteiger partial charge >= 0.3 is 0 Å². The van der Waals surface area contributed by atoms with Gasteiger partial charge in [0.1, 0.15) is 0 Å². The summed E-state index contributed by atoms with van der Waals surface area (Å²) in [5, 5.41) is 9.14. The molecule has 1 aromatic rings. The number of aryl methyl sites for hydroxylation is 2. The molecule has 0 aliphatic heterocycles. The van der Waals surface area contributed by atoms with Crippen LogP contribution in [0.15, 0.2) is 6.07 Å². The van der Waals surface area contributed by atoms with Gasteiger partial charge in [-0.1, -0.05) is 0 Å². The second kappa shape index (κ2) is 4.15. The molecular weight excluding hydrogens is 176 g/mol. The smallest absolute Gasteiger partial charge is 0.0526 e. The maximum absolute atomic E-state index is 9.14. The number of aromatic amines is 1. The lowest BCUT2D eigenvalue weighted by atomic mass is 9.98. The Balaban J connectivity index is 2.22. The molecule has 0 spiro atoms. The Bertz CT molecular complexity index is 279. The summed E-state index contributed by atoms with van der Waals surface area (Å²) in [6.07, 6.45) is 4.89. The average Bonchev–Trinajstić information content (AvgIpc) is 2.63. The molecule has 0 fully saturated rings. The molecule has 1 aromatic heterocycles. The highest BCUT2D eigenvalue weighted by molar-refractivity contribution is 5.30. The van der Waals surface area contributed by atoms with Gasteiger partial charge in [-0.3, -0.25) is 0 Å². The van der Waals surface area contributed by atoms with Gasteiger partial charge < -0.3 is 15.8 Å². The molecule has 0 bridgehead atoms. The molecule has 1 aliphatic carbocycles. The fourth-order valence-electron chi connectivity index (χ4n) is 2.15. The minimum atomic E-state index is 0.0839. The van der Waals surface area contributed by atoms with Crippen molar-refractivity contribution in [2.45, 2.75) is 31.6 Å². The third-order valence-electron chi connectivity index (χ3n) is 3.08. The largest absolute Gasteiger partial charge is 0.396 e. The zero-order valence-corrected chi connectivity index (χ0v) is 8.42. The third kappa shape index (κ3) is 1.70. The molecule has 14 heavy (non-hydrogen) atoms. The molecule has 1 unspecified atom stereocenters. The highest BCUT2D eigenvalue weighted by atomic mass is 16.3. The van der Waals surface area contributed by atoms with Crippen molar-refractivity contribution in [3.63, 3.8) is 0 Å². The quantitative estimate of drug-likeness (QED) is 0.670. The number of hydrogen-bond donors (Lipinski definition) is 3. The van der Waals surface area contributed by atoms with Gasteiger partial charge in [-0.05, 0) is 37.3 Å². The fraction of sp³-hybridized carbons (Fsp3) is 0.636. The SMILES string of the molecule is NCC(CO)c1cc2c([nH]1)CCCC2. The van der Waals surface area contributed by atoms with Crippen molar-refractivity contribution in [3.05, 3.63) is 23.0 Å². The molecule has 1 heterocycles.